The molecule has 1 aromatic rings. The molecule has 0 bridgehead atoms. The largest absolute Gasteiger partial charge is 0.349 e. The third-order valence-electron chi connectivity index (χ3n) is 2.27. The molecule has 0 saturated heterocycles. The molecule has 0 N–H and O–H groups in total. The van der Waals surface area contributed by atoms with Crippen LogP contribution in [0.25, 0.3) is 0 Å². The first kappa shape index (κ1) is 9.04. The first-order chi connectivity index (χ1) is 5.57. The minimum Gasteiger partial charge on any atom is -0.349 e. The summed E-state index contributed by atoms with van der Waals surface area (Å²) in [5.74, 6) is 0.155. The normalized spacial score (nSPS) is 10.3. The molecular formula is C10H15NO. The first-order valence-electron chi connectivity index (χ1n) is 4.25. The Morgan fingerprint density at radius 1 is 1.50 bits per heavy atom. The summed E-state index contributed by atoms with van der Waals surface area (Å²) in [5.41, 5.74) is 3.11. The van der Waals surface area contributed by atoms with E-state index in [4.69, 9.17) is 0 Å². The molecule has 0 unspecified atom stereocenters. The van der Waals surface area contributed by atoms with Crippen molar-refractivity contribution in [2.45, 2.75) is 34.2 Å². The third kappa shape index (κ3) is 1.29. The number of rotatable bonds is 2. The van der Waals surface area contributed by atoms with Crippen molar-refractivity contribution >= 4 is 5.78 Å². The van der Waals surface area contributed by atoms with E-state index in [9.17, 15) is 4.79 Å². The molecule has 0 saturated carbocycles. The lowest BCUT2D eigenvalue weighted by atomic mass is 10.2. The van der Waals surface area contributed by atoms with Crippen LogP contribution in [0, 0.1) is 13.8 Å². The monoisotopic (exact) mass is 165 g/mol. The van der Waals surface area contributed by atoms with Gasteiger partial charge in [0, 0.05) is 23.5 Å². The third-order valence-corrected chi connectivity index (χ3v) is 2.27. The number of carbonyl (C=O) groups is 1. The minimum absolute atomic E-state index is 0.155. The van der Waals surface area contributed by atoms with Gasteiger partial charge in [0.1, 0.15) is 0 Å². The lowest BCUT2D eigenvalue weighted by Crippen LogP contribution is -2.01. The Hall–Kier alpha value is -1.05. The second-order valence-electron chi connectivity index (χ2n) is 3.09. The summed E-state index contributed by atoms with van der Waals surface area (Å²) in [5, 5.41) is 0. The molecule has 1 heterocycles. The Labute approximate surface area is 73.2 Å². The minimum atomic E-state index is 0.155. The van der Waals surface area contributed by atoms with Crippen molar-refractivity contribution in [2.75, 3.05) is 0 Å². The molecule has 2 heteroatoms. The molecule has 0 radical (unpaired) electrons. The van der Waals surface area contributed by atoms with E-state index < -0.39 is 0 Å². The summed E-state index contributed by atoms with van der Waals surface area (Å²) in [6.45, 7) is 8.66. The van der Waals surface area contributed by atoms with E-state index in [1.165, 1.54) is 5.69 Å². The highest BCUT2D eigenvalue weighted by Gasteiger charge is 2.10. The number of hydrogen-bond donors (Lipinski definition) is 0. The van der Waals surface area contributed by atoms with Crippen LogP contribution in [-0.2, 0) is 6.54 Å². The summed E-state index contributed by atoms with van der Waals surface area (Å²) in [4.78, 5) is 11.1. The predicted molar refractivity (Wildman–Crippen MR) is 49.6 cm³/mol. The summed E-state index contributed by atoms with van der Waals surface area (Å²) >= 11 is 0. The van der Waals surface area contributed by atoms with Gasteiger partial charge < -0.3 is 4.57 Å². The molecule has 12 heavy (non-hydrogen) atoms. The second-order valence-corrected chi connectivity index (χ2v) is 3.09. The van der Waals surface area contributed by atoms with Gasteiger partial charge in [-0.25, -0.2) is 0 Å². The second kappa shape index (κ2) is 3.13. The van der Waals surface area contributed by atoms with Gasteiger partial charge in [0.25, 0.3) is 0 Å². The van der Waals surface area contributed by atoms with Crippen LogP contribution in [0.1, 0.15) is 35.6 Å². The molecule has 0 amide bonds. The summed E-state index contributed by atoms with van der Waals surface area (Å²) in [6, 6.07) is 1.96. The quantitative estimate of drug-likeness (QED) is 0.616. The Morgan fingerprint density at radius 3 is 2.33 bits per heavy atom. The molecule has 0 aliphatic carbocycles. The number of Topliss-reactive ketones (excluding diaryl/α,β-unsaturated/α-hetero) is 1. The van der Waals surface area contributed by atoms with E-state index in [2.05, 4.69) is 11.5 Å². The van der Waals surface area contributed by atoms with Crippen molar-refractivity contribution in [3.63, 3.8) is 0 Å². The zero-order valence-corrected chi connectivity index (χ0v) is 8.14. The molecule has 1 aromatic heterocycles. The van der Waals surface area contributed by atoms with Gasteiger partial charge in [-0.3, -0.25) is 4.79 Å². The van der Waals surface area contributed by atoms with Crippen molar-refractivity contribution in [1.82, 2.24) is 4.57 Å². The molecule has 0 fully saturated rings. The van der Waals surface area contributed by atoms with Crippen LogP contribution in [0.2, 0.25) is 0 Å². The fourth-order valence-corrected chi connectivity index (χ4v) is 1.64. The van der Waals surface area contributed by atoms with Crippen molar-refractivity contribution in [3.8, 4) is 0 Å². The van der Waals surface area contributed by atoms with Crippen LogP contribution in [-0.4, -0.2) is 10.4 Å². The van der Waals surface area contributed by atoms with E-state index in [0.717, 1.165) is 17.8 Å². The van der Waals surface area contributed by atoms with Gasteiger partial charge in [0.2, 0.25) is 0 Å². The maximum absolute atomic E-state index is 11.1. The first-order valence-corrected chi connectivity index (χ1v) is 4.25. The van der Waals surface area contributed by atoms with Gasteiger partial charge >= 0.3 is 0 Å². The van der Waals surface area contributed by atoms with Gasteiger partial charge in [0.15, 0.2) is 5.78 Å². The van der Waals surface area contributed by atoms with E-state index in [1.54, 1.807) is 6.92 Å². The van der Waals surface area contributed by atoms with Crippen molar-refractivity contribution in [3.05, 3.63) is 23.0 Å². The SMILES string of the molecule is CCn1c(C)cc(C(C)=O)c1C. The van der Waals surface area contributed by atoms with Gasteiger partial charge in [-0.1, -0.05) is 0 Å². The lowest BCUT2D eigenvalue weighted by molar-refractivity contribution is 0.101. The van der Waals surface area contributed by atoms with E-state index in [0.29, 0.717) is 0 Å². The van der Waals surface area contributed by atoms with E-state index in [-0.39, 0.29) is 5.78 Å². The van der Waals surface area contributed by atoms with Crippen LogP contribution in [0.15, 0.2) is 6.07 Å². The average molecular weight is 165 g/mol. The highest BCUT2D eigenvalue weighted by molar-refractivity contribution is 5.95. The smallest absolute Gasteiger partial charge is 0.161 e. The molecule has 1 rings (SSSR count). The highest BCUT2D eigenvalue weighted by Crippen LogP contribution is 2.14. The summed E-state index contributed by atoms with van der Waals surface area (Å²) in [6.07, 6.45) is 0. The van der Waals surface area contributed by atoms with Crippen molar-refractivity contribution in [2.24, 2.45) is 0 Å². The zero-order chi connectivity index (χ0) is 9.30. The Bertz CT molecular complexity index is 310. The maximum atomic E-state index is 11.1. The molecule has 0 spiro atoms. The van der Waals surface area contributed by atoms with Crippen molar-refractivity contribution < 1.29 is 4.79 Å². The number of ketones is 1. The Kier molecular flexibility index (Phi) is 2.36. The van der Waals surface area contributed by atoms with Gasteiger partial charge in [-0.15, -0.1) is 0 Å². The van der Waals surface area contributed by atoms with E-state index >= 15 is 0 Å². The fraction of sp³-hybridized carbons (Fsp3) is 0.500. The molecule has 0 aliphatic rings. The van der Waals surface area contributed by atoms with Crippen molar-refractivity contribution in [1.29, 1.82) is 0 Å². The lowest BCUT2D eigenvalue weighted by Gasteiger charge is -2.04. The van der Waals surface area contributed by atoms with Gasteiger partial charge in [0.05, 0.1) is 0 Å². The molecule has 0 aliphatic heterocycles. The molecule has 0 aromatic carbocycles. The van der Waals surface area contributed by atoms with Crippen LogP contribution in [0.4, 0.5) is 0 Å². The number of carbonyl (C=O) groups excluding carboxylic acids is 1. The Balaban J connectivity index is 3.26. The maximum Gasteiger partial charge on any atom is 0.161 e. The van der Waals surface area contributed by atoms with Gasteiger partial charge in [-0.2, -0.15) is 0 Å². The number of nitrogens with zero attached hydrogens (tertiary/aromatic N) is 1. The summed E-state index contributed by atoms with van der Waals surface area (Å²) in [7, 11) is 0. The number of aryl methyl sites for hydroxylation is 1. The molecule has 0 atom stereocenters. The number of aromatic nitrogens is 1. The molecule has 66 valence electrons. The van der Waals surface area contributed by atoms with E-state index in [1.807, 2.05) is 19.9 Å². The fourth-order valence-electron chi connectivity index (χ4n) is 1.64. The average Bonchev–Trinajstić information content (AvgIpc) is 2.27. The highest BCUT2D eigenvalue weighted by atomic mass is 16.1. The molecular weight excluding hydrogens is 150 g/mol. The van der Waals surface area contributed by atoms with Crippen LogP contribution in [0.5, 0.6) is 0 Å². The zero-order valence-electron chi connectivity index (χ0n) is 8.14. The van der Waals surface area contributed by atoms with Crippen LogP contribution >= 0.6 is 0 Å². The molecule has 2 nitrogen and oxygen atoms in total. The Morgan fingerprint density at radius 2 is 2.08 bits per heavy atom. The van der Waals surface area contributed by atoms with Crippen LogP contribution < -0.4 is 0 Å². The predicted octanol–water partition coefficient (Wildman–Crippen LogP) is 2.33. The topological polar surface area (TPSA) is 22.0 Å². The standard InChI is InChI=1S/C10H15NO/c1-5-11-7(2)6-10(8(11)3)9(4)12/h6H,5H2,1-4H3. The summed E-state index contributed by atoms with van der Waals surface area (Å²) < 4.78 is 2.15. The van der Waals surface area contributed by atoms with Crippen LogP contribution in [0.3, 0.4) is 0 Å². The number of hydrogen-bond acceptors (Lipinski definition) is 1. The van der Waals surface area contributed by atoms with Gasteiger partial charge in [-0.05, 0) is 33.8 Å².